The first-order chi connectivity index (χ1) is 25.2. The number of rotatable bonds is 24. The lowest BCUT2D eigenvalue weighted by atomic mass is 9.81. The van der Waals surface area contributed by atoms with E-state index < -0.39 is 0 Å². The Kier molecular flexibility index (Phi) is 19.3. The zero-order valence-corrected chi connectivity index (χ0v) is 35.7. The number of nitrogens with zero attached hydrogens (tertiary/aromatic N) is 2. The molecule has 0 atom stereocenters. The summed E-state index contributed by atoms with van der Waals surface area (Å²) in [4.78, 5) is 15.0. The molecule has 2 aliphatic rings. The average molecular weight is 788 g/mol. The zero-order chi connectivity index (χ0) is 37.2. The summed E-state index contributed by atoms with van der Waals surface area (Å²) in [6.07, 6.45) is 27.7. The monoisotopic (exact) mass is 786 g/mol. The third kappa shape index (κ3) is 12.5. The van der Waals surface area contributed by atoms with Crippen molar-refractivity contribution in [2.45, 2.75) is 142 Å². The zero-order valence-electron chi connectivity index (χ0n) is 34.1. The molecule has 0 unspecified atom stereocenters. The first-order valence-electron chi connectivity index (χ1n) is 20.9. The number of unbranched alkanes of at least 4 members (excludes halogenated alkanes) is 9. The number of allylic oxidation sites excluding steroid dienone is 6. The van der Waals surface area contributed by atoms with E-state index in [1.54, 1.807) is 0 Å². The van der Waals surface area contributed by atoms with E-state index in [4.69, 9.17) is 0 Å². The van der Waals surface area contributed by atoms with E-state index in [0.29, 0.717) is 6.42 Å². The molecule has 2 N–H and O–H groups in total. The van der Waals surface area contributed by atoms with Gasteiger partial charge in [0.25, 0.3) is 0 Å². The van der Waals surface area contributed by atoms with Crippen LogP contribution in [-0.2, 0) is 15.6 Å². The van der Waals surface area contributed by atoms with Crippen LogP contribution < -0.4 is 32.5 Å². The van der Waals surface area contributed by atoms with Gasteiger partial charge in [-0.15, -0.1) is 0 Å². The van der Waals surface area contributed by atoms with Crippen LogP contribution in [0, 0.1) is 0 Å². The Balaban J connectivity index is 0.00000756. The average Bonchev–Trinajstić information content (AvgIpc) is 3.49. The lowest BCUT2D eigenvalue weighted by molar-refractivity contribution is -0.438. The molecule has 0 radical (unpaired) electrons. The van der Waals surface area contributed by atoms with Crippen molar-refractivity contribution < 1.29 is 26.4 Å². The second kappa shape index (κ2) is 23.1. The largest absolute Gasteiger partial charge is 1.00 e. The molecule has 2 aliphatic heterocycles. The van der Waals surface area contributed by atoms with Crippen molar-refractivity contribution in [3.8, 4) is 0 Å². The van der Waals surface area contributed by atoms with Crippen molar-refractivity contribution in [1.29, 1.82) is 0 Å². The fourth-order valence-electron chi connectivity index (χ4n) is 8.03. The van der Waals surface area contributed by atoms with Crippen LogP contribution in [0.3, 0.4) is 0 Å². The summed E-state index contributed by atoms with van der Waals surface area (Å²) in [6, 6.07) is 17.8. The van der Waals surface area contributed by atoms with Crippen LogP contribution in [0.2, 0.25) is 0 Å². The molecule has 0 saturated carbocycles. The molecule has 1 amide bonds. The molecular formula is C47H71BrN4O. The number of carbonyl (C=O) groups is 1. The van der Waals surface area contributed by atoms with Gasteiger partial charge in [-0.3, -0.25) is 4.79 Å². The lowest BCUT2D eigenvalue weighted by Crippen LogP contribution is -3.00. The fourth-order valence-corrected chi connectivity index (χ4v) is 8.03. The number of amides is 1. The number of halogens is 1. The molecule has 0 fully saturated rings. The number of para-hydroxylation sites is 2. The van der Waals surface area contributed by atoms with Crippen LogP contribution in [0.1, 0.15) is 143 Å². The summed E-state index contributed by atoms with van der Waals surface area (Å²) in [5.74, 6) is 0.190. The van der Waals surface area contributed by atoms with E-state index in [2.05, 4.69) is 141 Å². The van der Waals surface area contributed by atoms with Gasteiger partial charge in [-0.05, 0) is 76.7 Å². The second-order valence-corrected chi connectivity index (χ2v) is 16.0. The predicted molar refractivity (Wildman–Crippen MR) is 224 cm³/mol. The molecule has 53 heavy (non-hydrogen) atoms. The van der Waals surface area contributed by atoms with Crippen molar-refractivity contribution in [3.05, 3.63) is 95.7 Å². The van der Waals surface area contributed by atoms with E-state index >= 15 is 0 Å². The highest BCUT2D eigenvalue weighted by Gasteiger charge is 2.44. The van der Waals surface area contributed by atoms with Gasteiger partial charge in [0.1, 0.15) is 6.54 Å². The van der Waals surface area contributed by atoms with E-state index in [9.17, 15) is 4.79 Å². The normalized spacial score (nSPS) is 16.5. The smallest absolute Gasteiger partial charge is 0.219 e. The molecule has 0 spiro atoms. The molecule has 0 saturated heterocycles. The van der Waals surface area contributed by atoms with Gasteiger partial charge in [0.2, 0.25) is 11.6 Å². The number of nitrogens with one attached hydrogen (secondary N) is 2. The van der Waals surface area contributed by atoms with Crippen molar-refractivity contribution in [2.24, 2.45) is 0 Å². The molecule has 0 bridgehead atoms. The Bertz CT molecular complexity index is 1530. The van der Waals surface area contributed by atoms with Crippen LogP contribution in [0.4, 0.5) is 11.4 Å². The molecule has 2 aromatic rings. The maximum Gasteiger partial charge on any atom is 0.219 e. The summed E-state index contributed by atoms with van der Waals surface area (Å²) in [6.45, 7) is 18.8. The Labute approximate surface area is 334 Å². The topological polar surface area (TPSA) is 47.4 Å². The minimum absolute atomic E-state index is 0. The molecule has 292 valence electrons. The van der Waals surface area contributed by atoms with Gasteiger partial charge in [0.15, 0.2) is 5.71 Å². The van der Waals surface area contributed by atoms with Crippen molar-refractivity contribution >= 4 is 23.0 Å². The standard InChI is InChI=1S/C47H70N4O.BrH/c1-7-9-11-12-13-14-24-34-48-35-26-36-49-45(52)33-19-16-25-38-51-42-30-23-21-28-40(42)47(5,6)44(51)32-18-15-17-31-43-46(3,4)39-27-20-22-29-41(39)50(43)37-10-8-2;/h15,17-18,20-23,27-32,48H,7-14,16,19,24-26,33-38H2,1-6H3;1H. The minimum atomic E-state index is -0.0750. The highest BCUT2D eigenvalue weighted by atomic mass is 79.9. The van der Waals surface area contributed by atoms with E-state index in [0.717, 1.165) is 58.4 Å². The molecule has 6 heteroatoms. The SMILES string of the molecule is CCCCCCCCCNCCCNC(=O)CCCCC[N+]1=C(/C=C/C=C/C=C2/N(CCCC)c3ccccc3C2(C)C)C(C)(C)c2ccccc21.[Br-]. The number of carbonyl (C=O) groups excluding carboxylic acids is 1. The van der Waals surface area contributed by atoms with Crippen LogP contribution >= 0.6 is 0 Å². The van der Waals surface area contributed by atoms with Gasteiger partial charge in [-0.25, -0.2) is 0 Å². The minimum Gasteiger partial charge on any atom is -1.00 e. The molecule has 0 aromatic heterocycles. The maximum atomic E-state index is 12.5. The Morgan fingerprint density at radius 2 is 1.36 bits per heavy atom. The fraction of sp³-hybridized carbons (Fsp3) is 0.574. The second-order valence-electron chi connectivity index (χ2n) is 16.0. The van der Waals surface area contributed by atoms with Crippen LogP contribution in [0.5, 0.6) is 0 Å². The van der Waals surface area contributed by atoms with Crippen LogP contribution in [-0.4, -0.2) is 48.9 Å². The molecule has 2 heterocycles. The summed E-state index contributed by atoms with van der Waals surface area (Å²) < 4.78 is 2.51. The van der Waals surface area contributed by atoms with Crippen molar-refractivity contribution in [3.63, 3.8) is 0 Å². The molecule has 5 nitrogen and oxygen atoms in total. The van der Waals surface area contributed by atoms with Gasteiger partial charge in [0.05, 0.1) is 5.41 Å². The summed E-state index contributed by atoms with van der Waals surface area (Å²) in [5.41, 5.74) is 8.07. The van der Waals surface area contributed by atoms with Gasteiger partial charge in [-0.2, -0.15) is 4.58 Å². The predicted octanol–water partition coefficient (Wildman–Crippen LogP) is 8.07. The Hall–Kier alpha value is -2.96. The third-order valence-electron chi connectivity index (χ3n) is 11.2. The first kappa shape index (κ1) is 44.4. The quantitative estimate of drug-likeness (QED) is 0.0644. The number of anilines is 1. The molecular weight excluding hydrogens is 716 g/mol. The third-order valence-corrected chi connectivity index (χ3v) is 11.2. The van der Waals surface area contributed by atoms with E-state index in [1.807, 2.05) is 0 Å². The summed E-state index contributed by atoms with van der Waals surface area (Å²) in [7, 11) is 0. The van der Waals surface area contributed by atoms with Gasteiger partial charge in [-0.1, -0.05) is 127 Å². The first-order valence-corrected chi connectivity index (χ1v) is 20.9. The highest BCUT2D eigenvalue weighted by Crippen LogP contribution is 2.47. The Morgan fingerprint density at radius 1 is 0.698 bits per heavy atom. The highest BCUT2D eigenvalue weighted by molar-refractivity contribution is 6.03. The van der Waals surface area contributed by atoms with Crippen LogP contribution in [0.15, 0.2) is 84.6 Å². The lowest BCUT2D eigenvalue weighted by Gasteiger charge is -2.27. The van der Waals surface area contributed by atoms with Gasteiger partial charge in [0, 0.05) is 60.4 Å². The van der Waals surface area contributed by atoms with Crippen LogP contribution in [0.25, 0.3) is 0 Å². The molecule has 0 aliphatic carbocycles. The van der Waals surface area contributed by atoms with E-state index in [1.165, 1.54) is 91.7 Å². The van der Waals surface area contributed by atoms with E-state index in [-0.39, 0.29) is 33.7 Å². The Morgan fingerprint density at radius 3 is 2.13 bits per heavy atom. The van der Waals surface area contributed by atoms with Crippen molar-refractivity contribution in [2.75, 3.05) is 37.6 Å². The number of hydrogen-bond acceptors (Lipinski definition) is 3. The summed E-state index contributed by atoms with van der Waals surface area (Å²) in [5, 5.41) is 6.67. The van der Waals surface area contributed by atoms with Gasteiger partial charge >= 0.3 is 0 Å². The van der Waals surface area contributed by atoms with Crippen molar-refractivity contribution in [1.82, 2.24) is 10.6 Å². The molecule has 4 rings (SSSR count). The number of hydrogen-bond donors (Lipinski definition) is 2. The molecule has 2 aromatic carbocycles. The van der Waals surface area contributed by atoms with Gasteiger partial charge < -0.3 is 32.5 Å². The number of benzene rings is 2. The number of fused-ring (bicyclic) bond motifs is 2. The maximum absolute atomic E-state index is 12.5. The summed E-state index contributed by atoms with van der Waals surface area (Å²) >= 11 is 0.